The van der Waals surface area contributed by atoms with E-state index in [-0.39, 0.29) is 5.41 Å². The van der Waals surface area contributed by atoms with Gasteiger partial charge in [-0.05, 0) is 18.2 Å². The maximum Gasteiger partial charge on any atom is 0.245 e. The van der Waals surface area contributed by atoms with Gasteiger partial charge < -0.3 is 10.5 Å². The lowest BCUT2D eigenvalue weighted by atomic mass is 9.92. The maximum absolute atomic E-state index is 5.85. The molecular weight excluding hydrogens is 264 g/mol. The summed E-state index contributed by atoms with van der Waals surface area (Å²) < 4.78 is 7.63. The van der Waals surface area contributed by atoms with E-state index in [2.05, 4.69) is 30.9 Å². The monoisotopic (exact) mass is 282 g/mol. The van der Waals surface area contributed by atoms with Gasteiger partial charge in [-0.3, -0.25) is 0 Å². The highest BCUT2D eigenvalue weighted by Gasteiger charge is 2.19. The van der Waals surface area contributed by atoms with Gasteiger partial charge in [0.15, 0.2) is 0 Å². The van der Waals surface area contributed by atoms with E-state index in [0.717, 1.165) is 11.2 Å². The van der Waals surface area contributed by atoms with Gasteiger partial charge >= 0.3 is 0 Å². The second-order valence-electron chi connectivity index (χ2n) is 6.02. The summed E-state index contributed by atoms with van der Waals surface area (Å²) in [4.78, 5) is 4.30. The van der Waals surface area contributed by atoms with Gasteiger partial charge in [-0.25, -0.2) is 9.50 Å². The van der Waals surface area contributed by atoms with E-state index in [1.165, 1.54) is 0 Å². The lowest BCUT2D eigenvalue weighted by Crippen LogP contribution is -2.11. The molecule has 5 nitrogen and oxygen atoms in total. The van der Waals surface area contributed by atoms with Crippen LogP contribution in [0.25, 0.3) is 5.52 Å². The van der Waals surface area contributed by atoms with Crippen LogP contribution in [0.3, 0.4) is 0 Å². The molecular formula is C16H18N4O. The highest BCUT2D eigenvalue weighted by atomic mass is 16.5. The Balaban J connectivity index is 2.04. The van der Waals surface area contributed by atoms with Crippen molar-refractivity contribution in [2.45, 2.75) is 26.2 Å². The molecule has 0 amide bonds. The number of benzene rings is 1. The Kier molecular flexibility index (Phi) is 3.05. The molecule has 2 heterocycles. The van der Waals surface area contributed by atoms with Gasteiger partial charge in [0.25, 0.3) is 0 Å². The maximum atomic E-state index is 5.85. The van der Waals surface area contributed by atoms with Crippen molar-refractivity contribution >= 4 is 11.2 Å². The van der Waals surface area contributed by atoms with Crippen LogP contribution in [0, 0.1) is 0 Å². The van der Waals surface area contributed by atoms with Gasteiger partial charge in [0.2, 0.25) is 5.88 Å². The first-order valence-electron chi connectivity index (χ1n) is 6.82. The van der Waals surface area contributed by atoms with E-state index in [0.29, 0.717) is 17.3 Å². The van der Waals surface area contributed by atoms with E-state index in [1.54, 1.807) is 16.8 Å². The number of hydrogen-bond donors (Lipinski definition) is 1. The zero-order valence-electron chi connectivity index (χ0n) is 12.4. The Labute approximate surface area is 123 Å². The van der Waals surface area contributed by atoms with E-state index < -0.39 is 0 Å². The Bertz CT molecular complexity index is 786. The van der Waals surface area contributed by atoms with Crippen LogP contribution in [-0.2, 0) is 5.41 Å². The number of fused-ring (bicyclic) bond motifs is 1. The fourth-order valence-electron chi connectivity index (χ4n) is 2.03. The topological polar surface area (TPSA) is 65.4 Å². The molecule has 3 aromatic rings. The third kappa shape index (κ3) is 2.67. The van der Waals surface area contributed by atoms with E-state index >= 15 is 0 Å². The molecule has 3 rings (SSSR count). The third-order valence-electron chi connectivity index (χ3n) is 3.20. The van der Waals surface area contributed by atoms with E-state index in [4.69, 9.17) is 10.5 Å². The minimum absolute atomic E-state index is 0.0273. The molecule has 5 heteroatoms. The third-order valence-corrected chi connectivity index (χ3v) is 3.20. The number of nitrogen functional groups attached to an aromatic ring is 1. The van der Waals surface area contributed by atoms with Gasteiger partial charge in [0, 0.05) is 29.6 Å². The average molecular weight is 282 g/mol. The standard InChI is InChI=1S/C16H18N4O/c1-16(2,3)14-10-13-15(18-7-8-20(13)19-14)21-12-6-4-5-11(17)9-12/h4-10H,17H2,1-3H3. The van der Waals surface area contributed by atoms with Crippen molar-refractivity contribution in [1.29, 1.82) is 0 Å². The first-order valence-corrected chi connectivity index (χ1v) is 6.82. The van der Waals surface area contributed by atoms with Crippen molar-refractivity contribution in [3.63, 3.8) is 0 Å². The molecule has 0 saturated carbocycles. The number of rotatable bonds is 2. The highest BCUT2D eigenvalue weighted by Crippen LogP contribution is 2.28. The number of nitrogens with two attached hydrogens (primary N) is 1. The molecule has 1 aromatic carbocycles. The molecule has 0 aliphatic rings. The zero-order chi connectivity index (χ0) is 15.0. The summed E-state index contributed by atoms with van der Waals surface area (Å²) in [6.07, 6.45) is 3.49. The molecule has 0 radical (unpaired) electrons. The van der Waals surface area contributed by atoms with Crippen LogP contribution < -0.4 is 10.5 Å². The van der Waals surface area contributed by atoms with Gasteiger partial charge in [-0.15, -0.1) is 0 Å². The lowest BCUT2D eigenvalue weighted by Gasteiger charge is -2.13. The molecule has 0 aliphatic heterocycles. The van der Waals surface area contributed by atoms with Crippen molar-refractivity contribution < 1.29 is 4.74 Å². The molecule has 2 N–H and O–H groups in total. The minimum atomic E-state index is -0.0273. The summed E-state index contributed by atoms with van der Waals surface area (Å²) >= 11 is 0. The van der Waals surface area contributed by atoms with Gasteiger partial charge in [-0.1, -0.05) is 26.8 Å². The fraction of sp³-hybridized carbons (Fsp3) is 0.250. The van der Waals surface area contributed by atoms with Crippen molar-refractivity contribution in [2.24, 2.45) is 0 Å². The molecule has 108 valence electrons. The Morgan fingerprint density at radius 2 is 2.00 bits per heavy atom. The van der Waals surface area contributed by atoms with Crippen LogP contribution in [-0.4, -0.2) is 14.6 Å². The Hall–Kier alpha value is -2.56. The summed E-state index contributed by atoms with van der Waals surface area (Å²) in [7, 11) is 0. The Morgan fingerprint density at radius 3 is 2.71 bits per heavy atom. The van der Waals surface area contributed by atoms with E-state index in [9.17, 15) is 0 Å². The molecule has 21 heavy (non-hydrogen) atoms. The lowest BCUT2D eigenvalue weighted by molar-refractivity contribution is 0.465. The van der Waals surface area contributed by atoms with Crippen molar-refractivity contribution in [3.8, 4) is 11.6 Å². The predicted octanol–water partition coefficient (Wildman–Crippen LogP) is 3.40. The molecule has 0 unspecified atom stereocenters. The fourth-order valence-corrected chi connectivity index (χ4v) is 2.03. The average Bonchev–Trinajstić information content (AvgIpc) is 2.84. The quantitative estimate of drug-likeness (QED) is 0.732. The van der Waals surface area contributed by atoms with Gasteiger partial charge in [-0.2, -0.15) is 5.10 Å². The summed E-state index contributed by atoms with van der Waals surface area (Å²) in [6.45, 7) is 6.38. The SMILES string of the molecule is CC(C)(C)c1cc2c(Oc3cccc(N)c3)nccn2n1. The van der Waals surface area contributed by atoms with Crippen LogP contribution in [0.4, 0.5) is 5.69 Å². The minimum Gasteiger partial charge on any atom is -0.437 e. The van der Waals surface area contributed by atoms with Crippen molar-refractivity contribution in [3.05, 3.63) is 48.4 Å². The highest BCUT2D eigenvalue weighted by molar-refractivity contribution is 5.59. The predicted molar refractivity (Wildman–Crippen MR) is 82.6 cm³/mol. The molecule has 2 aromatic heterocycles. The summed E-state index contributed by atoms with van der Waals surface area (Å²) in [5, 5.41) is 4.58. The van der Waals surface area contributed by atoms with Crippen LogP contribution >= 0.6 is 0 Å². The molecule has 0 aliphatic carbocycles. The van der Waals surface area contributed by atoms with E-state index in [1.807, 2.05) is 30.5 Å². The van der Waals surface area contributed by atoms with Crippen molar-refractivity contribution in [2.75, 3.05) is 5.73 Å². The molecule has 0 saturated heterocycles. The number of hydrogen-bond acceptors (Lipinski definition) is 4. The number of anilines is 1. The van der Waals surface area contributed by atoms with Crippen LogP contribution in [0.1, 0.15) is 26.5 Å². The molecule has 0 fully saturated rings. The summed E-state index contributed by atoms with van der Waals surface area (Å²) in [6, 6.07) is 9.29. The summed E-state index contributed by atoms with van der Waals surface area (Å²) in [5.74, 6) is 1.18. The molecule has 0 bridgehead atoms. The van der Waals surface area contributed by atoms with Gasteiger partial charge in [0.05, 0.1) is 5.69 Å². The number of aromatic nitrogens is 3. The molecule has 0 atom stereocenters. The second-order valence-corrected chi connectivity index (χ2v) is 6.02. The summed E-state index contributed by atoms with van der Waals surface area (Å²) in [5.41, 5.74) is 8.23. The molecule has 0 spiro atoms. The van der Waals surface area contributed by atoms with Crippen LogP contribution in [0.2, 0.25) is 0 Å². The first kappa shape index (κ1) is 13.4. The second kappa shape index (κ2) is 4.77. The number of ether oxygens (including phenoxy) is 1. The van der Waals surface area contributed by atoms with Crippen LogP contribution in [0.15, 0.2) is 42.7 Å². The first-order chi connectivity index (χ1) is 9.93. The Morgan fingerprint density at radius 1 is 1.19 bits per heavy atom. The van der Waals surface area contributed by atoms with Crippen molar-refractivity contribution in [1.82, 2.24) is 14.6 Å². The normalized spacial score (nSPS) is 11.8. The van der Waals surface area contributed by atoms with Crippen LogP contribution in [0.5, 0.6) is 11.6 Å². The zero-order valence-corrected chi connectivity index (χ0v) is 12.4. The smallest absolute Gasteiger partial charge is 0.245 e. The van der Waals surface area contributed by atoms with Gasteiger partial charge in [0.1, 0.15) is 11.3 Å². The largest absolute Gasteiger partial charge is 0.437 e. The number of nitrogens with zero attached hydrogens (tertiary/aromatic N) is 3.